The Balaban J connectivity index is 1.72. The third-order valence-electron chi connectivity index (χ3n) is 7.22. The van der Waals surface area contributed by atoms with Gasteiger partial charge in [0.1, 0.15) is 11.4 Å². The van der Waals surface area contributed by atoms with Gasteiger partial charge in [-0.1, -0.05) is 6.07 Å². The van der Waals surface area contributed by atoms with Crippen LogP contribution in [-0.4, -0.2) is 44.6 Å². The van der Waals surface area contributed by atoms with E-state index in [1.807, 2.05) is 0 Å². The lowest BCUT2D eigenvalue weighted by atomic mass is 9.98. The number of carbonyl (C=O) groups excluding carboxylic acids is 2. The molecule has 0 fully saturated rings. The van der Waals surface area contributed by atoms with Gasteiger partial charge in [-0.3, -0.25) is 4.79 Å². The van der Waals surface area contributed by atoms with Crippen molar-refractivity contribution >= 4 is 12.0 Å². The lowest BCUT2D eigenvalue weighted by Crippen LogP contribution is -2.45. The highest BCUT2D eigenvalue weighted by atomic mass is 19.4. The summed E-state index contributed by atoms with van der Waals surface area (Å²) in [5.41, 5.74) is -7.83. The summed E-state index contributed by atoms with van der Waals surface area (Å²) in [5.74, 6) is -6.78. The second-order valence-corrected chi connectivity index (χ2v) is 12.1. The smallest absolute Gasteiger partial charge is 0.444 e. The summed E-state index contributed by atoms with van der Waals surface area (Å²) < 4.78 is 171. The van der Waals surface area contributed by atoms with Crippen LogP contribution in [0.15, 0.2) is 30.3 Å². The Morgan fingerprint density at radius 2 is 1.49 bits per heavy atom. The van der Waals surface area contributed by atoms with E-state index < -0.39 is 132 Å². The minimum atomic E-state index is -5.47. The number of hydrogen-bond donors (Lipinski definition) is 1. The second kappa shape index (κ2) is 13.1. The normalized spacial score (nSPS) is 14.8. The Morgan fingerprint density at radius 1 is 0.857 bits per heavy atom. The fourth-order valence-corrected chi connectivity index (χ4v) is 5.15. The molecule has 0 saturated heterocycles. The number of alkyl carbamates (subject to hydrolysis) is 1. The molecule has 3 aromatic rings. The van der Waals surface area contributed by atoms with Gasteiger partial charge in [0, 0.05) is 37.2 Å². The minimum Gasteiger partial charge on any atom is -0.444 e. The molecule has 1 aliphatic rings. The molecular weight excluding hydrogens is 692 g/mol. The molecule has 0 spiro atoms. The Labute approximate surface area is 269 Å². The summed E-state index contributed by atoms with van der Waals surface area (Å²) in [6.45, 7) is 2.54. The average Bonchev–Trinajstić information content (AvgIpc) is 3.33. The van der Waals surface area contributed by atoms with Crippen molar-refractivity contribution in [3.8, 4) is 11.3 Å². The molecule has 0 aliphatic carbocycles. The van der Waals surface area contributed by atoms with Crippen LogP contribution in [0.1, 0.15) is 55.4 Å². The van der Waals surface area contributed by atoms with Gasteiger partial charge in [0.15, 0.2) is 11.6 Å². The molecule has 2 aromatic carbocycles. The van der Waals surface area contributed by atoms with Gasteiger partial charge in [0.25, 0.3) is 0 Å². The molecule has 0 bridgehead atoms. The minimum absolute atomic E-state index is 0.235. The lowest BCUT2D eigenvalue weighted by Gasteiger charge is -2.31. The first kappa shape index (κ1) is 37.4. The Hall–Kier alpha value is -4.45. The van der Waals surface area contributed by atoms with Crippen molar-refractivity contribution in [2.45, 2.75) is 76.9 Å². The molecule has 49 heavy (non-hydrogen) atoms. The molecule has 0 radical (unpaired) electrons. The fourth-order valence-electron chi connectivity index (χ4n) is 5.15. The van der Waals surface area contributed by atoms with E-state index in [0.29, 0.717) is 16.7 Å². The monoisotopic (exact) mass is 718 g/mol. The molecule has 1 N–H and O–H groups in total. The number of carbonyl (C=O) groups is 2. The molecule has 0 saturated carbocycles. The van der Waals surface area contributed by atoms with Crippen molar-refractivity contribution < 1.29 is 67.0 Å². The molecule has 1 atom stereocenters. The first-order valence-electron chi connectivity index (χ1n) is 14.2. The summed E-state index contributed by atoms with van der Waals surface area (Å²) in [6, 6.07) is -0.327. The number of alkyl halides is 9. The largest absolute Gasteiger partial charge is 0.449 e. The summed E-state index contributed by atoms with van der Waals surface area (Å²) in [4.78, 5) is 30.2. The molecule has 268 valence electrons. The van der Waals surface area contributed by atoms with Crippen molar-refractivity contribution in [2.75, 3.05) is 6.54 Å². The van der Waals surface area contributed by atoms with Gasteiger partial charge in [0.2, 0.25) is 11.7 Å². The summed E-state index contributed by atoms with van der Waals surface area (Å²) in [5, 5.41) is 2.30. The second-order valence-electron chi connectivity index (χ2n) is 12.1. The van der Waals surface area contributed by atoms with Crippen molar-refractivity contribution in [1.82, 2.24) is 19.8 Å². The highest BCUT2D eigenvalue weighted by Gasteiger charge is 2.44. The Kier molecular flexibility index (Phi) is 10.00. The van der Waals surface area contributed by atoms with Crippen molar-refractivity contribution in [2.24, 2.45) is 0 Å². The van der Waals surface area contributed by atoms with E-state index in [2.05, 4.69) is 10.3 Å². The van der Waals surface area contributed by atoms with Crippen molar-refractivity contribution in [3.63, 3.8) is 0 Å². The number of imidazole rings is 1. The van der Waals surface area contributed by atoms with Gasteiger partial charge >= 0.3 is 24.6 Å². The van der Waals surface area contributed by atoms with E-state index in [-0.39, 0.29) is 18.2 Å². The molecule has 1 unspecified atom stereocenters. The molecule has 2 amide bonds. The van der Waals surface area contributed by atoms with Crippen LogP contribution in [0.3, 0.4) is 0 Å². The van der Waals surface area contributed by atoms with E-state index in [0.717, 1.165) is 4.90 Å². The van der Waals surface area contributed by atoms with Crippen LogP contribution in [0.25, 0.3) is 11.3 Å². The maximum absolute atomic E-state index is 14.5. The van der Waals surface area contributed by atoms with Gasteiger partial charge in [0.05, 0.1) is 29.1 Å². The number of nitrogens with one attached hydrogen (secondary N) is 1. The number of hydrogen-bond acceptors (Lipinski definition) is 4. The van der Waals surface area contributed by atoms with Crippen LogP contribution >= 0.6 is 0 Å². The van der Waals surface area contributed by atoms with Gasteiger partial charge < -0.3 is 19.5 Å². The zero-order valence-electron chi connectivity index (χ0n) is 25.6. The van der Waals surface area contributed by atoms with E-state index in [1.165, 1.54) is 20.8 Å². The average molecular weight is 719 g/mol. The molecule has 1 aliphatic heterocycles. The number of benzene rings is 2. The van der Waals surface area contributed by atoms with Gasteiger partial charge in [-0.15, -0.1) is 0 Å². The van der Waals surface area contributed by atoms with Crippen LogP contribution in [0, 0.1) is 17.5 Å². The number of nitrogens with zero attached hydrogens (tertiary/aromatic N) is 3. The van der Waals surface area contributed by atoms with Crippen molar-refractivity contribution in [1.29, 1.82) is 0 Å². The van der Waals surface area contributed by atoms with Crippen LogP contribution < -0.4 is 5.32 Å². The lowest BCUT2D eigenvalue weighted by molar-refractivity contribution is -0.148. The quantitative estimate of drug-likeness (QED) is 0.208. The van der Waals surface area contributed by atoms with E-state index in [9.17, 15) is 62.3 Å². The van der Waals surface area contributed by atoms with Gasteiger partial charge in [-0.25, -0.2) is 22.9 Å². The van der Waals surface area contributed by atoms with Crippen LogP contribution in [0.4, 0.5) is 57.5 Å². The zero-order valence-corrected chi connectivity index (χ0v) is 25.6. The van der Waals surface area contributed by atoms with Crippen molar-refractivity contribution in [3.05, 3.63) is 76.0 Å². The predicted molar refractivity (Wildman–Crippen MR) is 146 cm³/mol. The number of rotatable bonds is 6. The third kappa shape index (κ3) is 8.78. The number of halogens is 12. The molecule has 1 aromatic heterocycles. The highest BCUT2D eigenvalue weighted by molar-refractivity contribution is 5.79. The summed E-state index contributed by atoms with van der Waals surface area (Å²) >= 11 is 0. The third-order valence-corrected chi connectivity index (χ3v) is 7.22. The predicted octanol–water partition coefficient (Wildman–Crippen LogP) is 7.89. The zero-order chi connectivity index (χ0) is 36.9. The SMILES string of the molecule is CC(C)(C)OC(=O)NC(CC(=O)N1CCn2c(C(F)(F)F)nc(-c3ccc(C(F)(F)F)cc3C(F)(F)F)c2C1)Cc1cc(F)c(F)cc1F. The van der Waals surface area contributed by atoms with Crippen LogP contribution in [-0.2, 0) is 47.6 Å². The summed E-state index contributed by atoms with van der Waals surface area (Å²) in [6.07, 6.45) is -18.4. The van der Waals surface area contributed by atoms with E-state index in [1.54, 1.807) is 0 Å². The van der Waals surface area contributed by atoms with Gasteiger partial charge in [-0.2, -0.15) is 39.5 Å². The maximum atomic E-state index is 14.5. The van der Waals surface area contributed by atoms with E-state index >= 15 is 0 Å². The summed E-state index contributed by atoms with van der Waals surface area (Å²) in [7, 11) is 0. The standard InChI is InChI=1S/C30H26F12N4O3/c1-27(2,3)49-26(48)43-16(8-14-9-20(32)21(33)12-19(14)31)11-23(47)45-6-7-46-22(13-45)24(44-25(46)30(40,41)42)17-5-4-15(28(34,35)36)10-18(17)29(37,38)39/h4-5,9-10,12,16H,6-8,11,13H2,1-3H3,(H,43,48). The number of fused-ring (bicyclic) bond motifs is 1. The number of aromatic nitrogens is 2. The maximum Gasteiger partial charge on any atom is 0.449 e. The fraction of sp³-hybridized carbons (Fsp3) is 0.433. The van der Waals surface area contributed by atoms with Crippen LogP contribution in [0.2, 0.25) is 0 Å². The number of amides is 2. The molecule has 2 heterocycles. The van der Waals surface area contributed by atoms with Crippen LogP contribution in [0.5, 0.6) is 0 Å². The molecular formula is C30H26F12N4O3. The Bertz CT molecular complexity index is 1740. The van der Waals surface area contributed by atoms with Gasteiger partial charge in [-0.05, 0) is 51.0 Å². The molecule has 4 rings (SSSR count). The molecule has 19 heteroatoms. The first-order valence-corrected chi connectivity index (χ1v) is 14.2. The van der Waals surface area contributed by atoms with E-state index in [4.69, 9.17) is 4.74 Å². The highest BCUT2D eigenvalue weighted by Crippen LogP contribution is 2.43. The molecule has 7 nitrogen and oxygen atoms in total. The Morgan fingerprint density at radius 3 is 2.06 bits per heavy atom. The first-order chi connectivity index (χ1) is 22.3. The topological polar surface area (TPSA) is 76.5 Å². The number of ether oxygens (including phenoxy) is 1.